The van der Waals surface area contributed by atoms with Crippen molar-refractivity contribution in [2.24, 2.45) is 5.73 Å². The van der Waals surface area contributed by atoms with E-state index in [2.05, 4.69) is 11.9 Å². The summed E-state index contributed by atoms with van der Waals surface area (Å²) in [5.41, 5.74) is 6.50. The molecular weight excluding hydrogens is 276 g/mol. The molecule has 0 aliphatic heterocycles. The van der Waals surface area contributed by atoms with Gasteiger partial charge in [0.15, 0.2) is 11.5 Å². The summed E-state index contributed by atoms with van der Waals surface area (Å²) in [4.78, 5) is 11.8. The average molecular weight is 296 g/mol. The summed E-state index contributed by atoms with van der Waals surface area (Å²) in [7, 11) is 0. The molecule has 0 aliphatic rings. The largest absolute Gasteiger partial charge is 0.504 e. The quantitative estimate of drug-likeness (QED) is 0.326. The highest BCUT2D eigenvalue weighted by atomic mass is 32.2. The Labute approximate surface area is 122 Å². The van der Waals surface area contributed by atoms with Gasteiger partial charge in [0.2, 0.25) is 5.91 Å². The van der Waals surface area contributed by atoms with Crippen LogP contribution in [0.1, 0.15) is 5.56 Å². The Balaban J connectivity index is 2.37. The van der Waals surface area contributed by atoms with E-state index < -0.39 is 6.04 Å². The minimum absolute atomic E-state index is 0.189. The van der Waals surface area contributed by atoms with Gasteiger partial charge in [0.05, 0.1) is 6.04 Å². The highest BCUT2D eigenvalue weighted by Crippen LogP contribution is 2.25. The van der Waals surface area contributed by atoms with Crippen LogP contribution in [0.5, 0.6) is 11.5 Å². The SMILES string of the molecule is C=CCSCCNC(=O)[C@@H](N)Cc1ccc(O)c(O)c1. The second-order valence-corrected chi connectivity index (χ2v) is 5.44. The fourth-order valence-corrected chi connectivity index (χ4v) is 2.17. The molecule has 0 radical (unpaired) electrons. The highest BCUT2D eigenvalue weighted by molar-refractivity contribution is 7.99. The van der Waals surface area contributed by atoms with Crippen molar-refractivity contribution in [3.05, 3.63) is 36.4 Å². The number of nitrogens with one attached hydrogen (secondary N) is 1. The van der Waals surface area contributed by atoms with Gasteiger partial charge in [-0.3, -0.25) is 4.79 Å². The number of phenolic OH excluding ortho intramolecular Hbond substituents is 2. The first-order valence-electron chi connectivity index (χ1n) is 6.27. The van der Waals surface area contributed by atoms with Gasteiger partial charge in [-0.05, 0) is 24.1 Å². The van der Waals surface area contributed by atoms with Crippen LogP contribution in [0.15, 0.2) is 30.9 Å². The van der Waals surface area contributed by atoms with E-state index in [1.807, 2.05) is 6.08 Å². The van der Waals surface area contributed by atoms with Crippen molar-refractivity contribution in [1.82, 2.24) is 5.32 Å². The lowest BCUT2D eigenvalue weighted by Crippen LogP contribution is -2.42. The zero-order chi connectivity index (χ0) is 15.0. The first-order chi connectivity index (χ1) is 9.54. The second kappa shape index (κ2) is 8.50. The Bertz CT molecular complexity index is 466. The molecule has 1 aromatic rings. The number of benzene rings is 1. The number of hydrogen-bond acceptors (Lipinski definition) is 5. The number of thioether (sulfide) groups is 1. The number of amides is 1. The first kappa shape index (κ1) is 16.4. The van der Waals surface area contributed by atoms with Gasteiger partial charge in [0.25, 0.3) is 0 Å². The van der Waals surface area contributed by atoms with E-state index in [1.165, 1.54) is 12.1 Å². The number of hydrogen-bond donors (Lipinski definition) is 4. The number of carbonyl (C=O) groups is 1. The Kier molecular flexibility index (Phi) is 6.97. The van der Waals surface area contributed by atoms with Crippen LogP contribution in [0, 0.1) is 0 Å². The molecule has 0 aromatic heterocycles. The van der Waals surface area contributed by atoms with Crippen molar-refractivity contribution in [2.75, 3.05) is 18.1 Å². The summed E-state index contributed by atoms with van der Waals surface area (Å²) in [6.45, 7) is 4.18. The third-order valence-electron chi connectivity index (χ3n) is 2.61. The Morgan fingerprint density at radius 1 is 1.45 bits per heavy atom. The average Bonchev–Trinajstić information content (AvgIpc) is 2.42. The summed E-state index contributed by atoms with van der Waals surface area (Å²) < 4.78 is 0. The molecule has 6 heteroatoms. The maximum atomic E-state index is 11.8. The fourth-order valence-electron chi connectivity index (χ4n) is 1.59. The standard InChI is InChI=1S/C14H20N2O3S/c1-2-6-20-7-5-16-14(19)11(15)8-10-3-4-12(17)13(18)9-10/h2-4,9,11,17-18H,1,5-8,15H2,(H,16,19)/t11-/m0/s1. The van der Waals surface area contributed by atoms with E-state index in [0.29, 0.717) is 18.5 Å². The van der Waals surface area contributed by atoms with Gasteiger partial charge in [-0.1, -0.05) is 12.1 Å². The van der Waals surface area contributed by atoms with Crippen molar-refractivity contribution >= 4 is 17.7 Å². The zero-order valence-corrected chi connectivity index (χ0v) is 12.0. The summed E-state index contributed by atoms with van der Waals surface area (Å²) in [5.74, 6) is 1.04. The van der Waals surface area contributed by atoms with E-state index in [0.717, 1.165) is 11.5 Å². The number of aromatic hydroxyl groups is 2. The third kappa shape index (κ3) is 5.54. The molecule has 0 saturated carbocycles. The molecule has 1 rings (SSSR count). The van der Waals surface area contributed by atoms with Crippen LogP contribution in [-0.4, -0.2) is 40.2 Å². The van der Waals surface area contributed by atoms with E-state index in [9.17, 15) is 15.0 Å². The molecule has 0 fully saturated rings. The lowest BCUT2D eigenvalue weighted by Gasteiger charge is -2.12. The normalized spacial score (nSPS) is 11.8. The van der Waals surface area contributed by atoms with Gasteiger partial charge in [-0.25, -0.2) is 0 Å². The number of rotatable bonds is 8. The van der Waals surface area contributed by atoms with Crippen molar-refractivity contribution in [3.63, 3.8) is 0 Å². The summed E-state index contributed by atoms with van der Waals surface area (Å²) in [6.07, 6.45) is 2.12. The van der Waals surface area contributed by atoms with Crippen LogP contribution in [0.25, 0.3) is 0 Å². The Morgan fingerprint density at radius 3 is 2.85 bits per heavy atom. The number of phenols is 2. The lowest BCUT2D eigenvalue weighted by atomic mass is 10.1. The van der Waals surface area contributed by atoms with Gasteiger partial charge in [-0.15, -0.1) is 6.58 Å². The Morgan fingerprint density at radius 2 is 2.20 bits per heavy atom. The van der Waals surface area contributed by atoms with Crippen LogP contribution in [0.4, 0.5) is 0 Å². The summed E-state index contributed by atoms with van der Waals surface area (Å²) in [5, 5.41) is 21.3. The molecule has 0 heterocycles. The molecule has 20 heavy (non-hydrogen) atoms. The monoisotopic (exact) mass is 296 g/mol. The molecule has 5 N–H and O–H groups in total. The molecule has 0 bridgehead atoms. The van der Waals surface area contributed by atoms with E-state index >= 15 is 0 Å². The number of carbonyl (C=O) groups excluding carboxylic acids is 1. The van der Waals surface area contributed by atoms with E-state index in [4.69, 9.17) is 5.73 Å². The van der Waals surface area contributed by atoms with Crippen molar-refractivity contribution in [2.45, 2.75) is 12.5 Å². The van der Waals surface area contributed by atoms with Gasteiger partial charge >= 0.3 is 0 Å². The lowest BCUT2D eigenvalue weighted by molar-refractivity contribution is -0.122. The third-order valence-corrected chi connectivity index (χ3v) is 3.58. The molecule has 0 unspecified atom stereocenters. The maximum absolute atomic E-state index is 11.8. The van der Waals surface area contributed by atoms with Gasteiger partial charge in [-0.2, -0.15) is 11.8 Å². The highest BCUT2D eigenvalue weighted by Gasteiger charge is 2.14. The second-order valence-electron chi connectivity index (χ2n) is 4.29. The predicted molar refractivity (Wildman–Crippen MR) is 82.0 cm³/mol. The van der Waals surface area contributed by atoms with Crippen LogP contribution in [-0.2, 0) is 11.2 Å². The first-order valence-corrected chi connectivity index (χ1v) is 7.43. The molecule has 0 spiro atoms. The van der Waals surface area contributed by atoms with Gasteiger partial charge in [0, 0.05) is 18.1 Å². The molecule has 110 valence electrons. The van der Waals surface area contributed by atoms with Crippen LogP contribution >= 0.6 is 11.8 Å². The zero-order valence-electron chi connectivity index (χ0n) is 11.2. The van der Waals surface area contributed by atoms with Crippen LogP contribution in [0.2, 0.25) is 0 Å². The predicted octanol–water partition coefficient (Wildman–Crippen LogP) is 1.00. The number of nitrogens with two attached hydrogens (primary N) is 1. The van der Waals surface area contributed by atoms with Crippen molar-refractivity contribution in [1.29, 1.82) is 0 Å². The van der Waals surface area contributed by atoms with Gasteiger partial charge < -0.3 is 21.3 Å². The summed E-state index contributed by atoms with van der Waals surface area (Å²) in [6, 6.07) is 3.73. The van der Waals surface area contributed by atoms with Crippen molar-refractivity contribution < 1.29 is 15.0 Å². The van der Waals surface area contributed by atoms with E-state index in [-0.39, 0.29) is 17.4 Å². The minimum atomic E-state index is -0.677. The molecule has 5 nitrogen and oxygen atoms in total. The van der Waals surface area contributed by atoms with Crippen LogP contribution < -0.4 is 11.1 Å². The van der Waals surface area contributed by atoms with Gasteiger partial charge in [0.1, 0.15) is 0 Å². The molecule has 1 amide bonds. The topological polar surface area (TPSA) is 95.6 Å². The van der Waals surface area contributed by atoms with Crippen LogP contribution in [0.3, 0.4) is 0 Å². The summed E-state index contributed by atoms with van der Waals surface area (Å²) >= 11 is 1.68. The molecule has 0 aliphatic carbocycles. The Hall–Kier alpha value is -1.66. The molecule has 0 saturated heterocycles. The fraction of sp³-hybridized carbons (Fsp3) is 0.357. The smallest absolute Gasteiger partial charge is 0.237 e. The molecule has 1 aromatic carbocycles. The van der Waals surface area contributed by atoms with E-state index in [1.54, 1.807) is 17.8 Å². The minimum Gasteiger partial charge on any atom is -0.504 e. The maximum Gasteiger partial charge on any atom is 0.237 e. The van der Waals surface area contributed by atoms with Crippen molar-refractivity contribution in [3.8, 4) is 11.5 Å². The molecular formula is C14H20N2O3S. The molecule has 1 atom stereocenters.